The zero-order valence-electron chi connectivity index (χ0n) is 17.6. The standard InChI is InChI=1S/C21H41N5O/c1-3-22-20(23-17-19-9-8-12-25(19)4-2)24-18-21(10-6-5-7-11-21)26-13-15-27-16-14-26/h19H,3-18H2,1-2H3,(H2,22,23,24). The highest BCUT2D eigenvalue weighted by Crippen LogP contribution is 2.34. The highest BCUT2D eigenvalue weighted by atomic mass is 16.5. The van der Waals surface area contributed by atoms with Gasteiger partial charge < -0.3 is 15.4 Å². The molecule has 2 saturated heterocycles. The molecule has 0 aromatic heterocycles. The molecule has 2 heterocycles. The number of hydrogen-bond acceptors (Lipinski definition) is 4. The zero-order chi connectivity index (χ0) is 19.0. The summed E-state index contributed by atoms with van der Waals surface area (Å²) in [6.45, 7) is 13.5. The van der Waals surface area contributed by atoms with Gasteiger partial charge in [-0.2, -0.15) is 0 Å². The number of rotatable bonds is 7. The largest absolute Gasteiger partial charge is 0.379 e. The third-order valence-corrected chi connectivity index (χ3v) is 6.75. The minimum atomic E-state index is 0.243. The van der Waals surface area contributed by atoms with Crippen LogP contribution < -0.4 is 10.6 Å². The Morgan fingerprint density at radius 3 is 2.52 bits per heavy atom. The maximum atomic E-state index is 5.61. The van der Waals surface area contributed by atoms with E-state index in [9.17, 15) is 0 Å². The molecule has 1 unspecified atom stereocenters. The van der Waals surface area contributed by atoms with Crippen LogP contribution in [-0.4, -0.2) is 86.4 Å². The van der Waals surface area contributed by atoms with Crippen LogP contribution in [0.15, 0.2) is 4.99 Å². The smallest absolute Gasteiger partial charge is 0.191 e. The van der Waals surface area contributed by atoms with Gasteiger partial charge in [0.25, 0.3) is 0 Å². The number of ether oxygens (including phenoxy) is 1. The first kappa shape index (κ1) is 20.9. The molecule has 1 aliphatic carbocycles. The third-order valence-electron chi connectivity index (χ3n) is 6.75. The Morgan fingerprint density at radius 1 is 1.04 bits per heavy atom. The van der Waals surface area contributed by atoms with Gasteiger partial charge >= 0.3 is 0 Å². The maximum Gasteiger partial charge on any atom is 0.191 e. The van der Waals surface area contributed by atoms with E-state index in [1.54, 1.807) is 0 Å². The van der Waals surface area contributed by atoms with Crippen molar-refractivity contribution in [2.75, 3.05) is 59.0 Å². The summed E-state index contributed by atoms with van der Waals surface area (Å²) in [6.07, 6.45) is 9.24. The first-order chi connectivity index (χ1) is 13.3. The molecule has 0 aromatic rings. The van der Waals surface area contributed by atoms with Crippen LogP contribution in [-0.2, 0) is 4.74 Å². The second-order valence-electron chi connectivity index (χ2n) is 8.39. The number of likely N-dealkylation sites (N-methyl/N-ethyl adjacent to an activating group) is 1. The fourth-order valence-corrected chi connectivity index (χ4v) is 5.15. The Labute approximate surface area is 166 Å². The van der Waals surface area contributed by atoms with Gasteiger partial charge in [-0.1, -0.05) is 26.2 Å². The highest BCUT2D eigenvalue weighted by molar-refractivity contribution is 5.79. The molecule has 6 heteroatoms. The van der Waals surface area contributed by atoms with Crippen LogP contribution in [0.2, 0.25) is 0 Å². The van der Waals surface area contributed by atoms with E-state index in [-0.39, 0.29) is 5.54 Å². The minimum Gasteiger partial charge on any atom is -0.379 e. The number of nitrogens with one attached hydrogen (secondary N) is 2. The average molecular weight is 380 g/mol. The molecule has 6 nitrogen and oxygen atoms in total. The lowest BCUT2D eigenvalue weighted by Crippen LogP contribution is -2.56. The van der Waals surface area contributed by atoms with Gasteiger partial charge in [-0.05, 0) is 45.7 Å². The minimum absolute atomic E-state index is 0.243. The predicted molar refractivity (Wildman–Crippen MR) is 112 cm³/mol. The number of hydrogen-bond donors (Lipinski definition) is 2. The summed E-state index contributed by atoms with van der Waals surface area (Å²) < 4.78 is 5.61. The molecular formula is C21H41N5O. The van der Waals surface area contributed by atoms with Crippen molar-refractivity contribution in [1.82, 2.24) is 20.4 Å². The van der Waals surface area contributed by atoms with Gasteiger partial charge in [0.15, 0.2) is 5.96 Å². The molecular weight excluding hydrogens is 338 g/mol. The Hall–Kier alpha value is -0.850. The van der Waals surface area contributed by atoms with Crippen molar-refractivity contribution in [2.24, 2.45) is 4.99 Å². The first-order valence-electron chi connectivity index (χ1n) is 11.4. The number of morpholine rings is 1. The van der Waals surface area contributed by atoms with Gasteiger partial charge in [-0.25, -0.2) is 0 Å². The lowest BCUT2D eigenvalue weighted by molar-refractivity contribution is -0.0333. The highest BCUT2D eigenvalue weighted by Gasteiger charge is 2.38. The summed E-state index contributed by atoms with van der Waals surface area (Å²) >= 11 is 0. The second-order valence-corrected chi connectivity index (χ2v) is 8.39. The molecule has 0 aromatic carbocycles. The molecule has 156 valence electrons. The molecule has 0 radical (unpaired) electrons. The zero-order valence-corrected chi connectivity index (χ0v) is 17.6. The fraction of sp³-hybridized carbons (Fsp3) is 0.952. The lowest BCUT2D eigenvalue weighted by atomic mass is 9.80. The summed E-state index contributed by atoms with van der Waals surface area (Å²) in [4.78, 5) is 10.4. The Kier molecular flexibility index (Phi) is 8.22. The van der Waals surface area contributed by atoms with Gasteiger partial charge in [-0.15, -0.1) is 0 Å². The van der Waals surface area contributed by atoms with Gasteiger partial charge in [-0.3, -0.25) is 14.8 Å². The van der Waals surface area contributed by atoms with E-state index in [2.05, 4.69) is 34.3 Å². The van der Waals surface area contributed by atoms with Gasteiger partial charge in [0.1, 0.15) is 0 Å². The predicted octanol–water partition coefficient (Wildman–Crippen LogP) is 2.06. The molecule has 27 heavy (non-hydrogen) atoms. The first-order valence-corrected chi connectivity index (χ1v) is 11.4. The monoisotopic (exact) mass is 379 g/mol. The average Bonchev–Trinajstić information content (AvgIpc) is 3.19. The summed E-state index contributed by atoms with van der Waals surface area (Å²) in [7, 11) is 0. The Balaban J connectivity index is 1.62. The molecule has 0 bridgehead atoms. The van der Waals surface area contributed by atoms with Crippen LogP contribution in [0.4, 0.5) is 0 Å². The van der Waals surface area contributed by atoms with Crippen molar-refractivity contribution < 1.29 is 4.74 Å². The SMILES string of the molecule is CCNC(=NCC1(N2CCOCC2)CCCCC1)NCC1CCCN1CC. The van der Waals surface area contributed by atoms with Crippen LogP contribution in [0.5, 0.6) is 0 Å². The summed E-state index contributed by atoms with van der Waals surface area (Å²) in [5, 5.41) is 7.12. The molecule has 3 aliphatic rings. The van der Waals surface area contributed by atoms with Gasteiger partial charge in [0.05, 0.1) is 19.8 Å². The van der Waals surface area contributed by atoms with E-state index >= 15 is 0 Å². The number of likely N-dealkylation sites (tertiary alicyclic amines) is 1. The molecule has 1 atom stereocenters. The summed E-state index contributed by atoms with van der Waals surface area (Å²) in [6, 6.07) is 0.654. The van der Waals surface area contributed by atoms with Crippen molar-refractivity contribution in [3.05, 3.63) is 0 Å². The van der Waals surface area contributed by atoms with E-state index in [0.717, 1.165) is 58.4 Å². The maximum absolute atomic E-state index is 5.61. The molecule has 0 amide bonds. The fourth-order valence-electron chi connectivity index (χ4n) is 5.15. The molecule has 2 aliphatic heterocycles. The van der Waals surface area contributed by atoms with Crippen LogP contribution in [0.3, 0.4) is 0 Å². The van der Waals surface area contributed by atoms with E-state index in [1.165, 1.54) is 51.5 Å². The normalized spacial score (nSPS) is 27.6. The van der Waals surface area contributed by atoms with E-state index in [0.29, 0.717) is 6.04 Å². The second kappa shape index (κ2) is 10.6. The third kappa shape index (κ3) is 5.58. The van der Waals surface area contributed by atoms with Crippen LogP contribution in [0.25, 0.3) is 0 Å². The molecule has 1 saturated carbocycles. The molecule has 0 spiro atoms. The molecule has 2 N–H and O–H groups in total. The number of guanidine groups is 1. The quantitative estimate of drug-likeness (QED) is 0.524. The van der Waals surface area contributed by atoms with Crippen LogP contribution >= 0.6 is 0 Å². The lowest BCUT2D eigenvalue weighted by Gasteiger charge is -2.47. The van der Waals surface area contributed by atoms with Gasteiger partial charge in [0.2, 0.25) is 0 Å². The van der Waals surface area contributed by atoms with Crippen molar-refractivity contribution >= 4 is 5.96 Å². The van der Waals surface area contributed by atoms with Crippen LogP contribution in [0, 0.1) is 0 Å². The number of nitrogens with zero attached hydrogens (tertiary/aromatic N) is 3. The van der Waals surface area contributed by atoms with Crippen molar-refractivity contribution in [1.29, 1.82) is 0 Å². The van der Waals surface area contributed by atoms with Crippen LogP contribution in [0.1, 0.15) is 58.8 Å². The van der Waals surface area contributed by atoms with E-state index in [4.69, 9.17) is 9.73 Å². The Morgan fingerprint density at radius 2 is 1.81 bits per heavy atom. The Bertz CT molecular complexity index is 457. The van der Waals surface area contributed by atoms with Crippen molar-refractivity contribution in [2.45, 2.75) is 70.4 Å². The topological polar surface area (TPSA) is 52.1 Å². The van der Waals surface area contributed by atoms with E-state index in [1.807, 2.05) is 0 Å². The number of aliphatic imine (C=N–C) groups is 1. The van der Waals surface area contributed by atoms with Gasteiger partial charge in [0, 0.05) is 37.8 Å². The molecule has 3 rings (SSSR count). The van der Waals surface area contributed by atoms with E-state index < -0.39 is 0 Å². The molecule has 3 fully saturated rings. The summed E-state index contributed by atoms with van der Waals surface area (Å²) in [5.74, 6) is 0.999. The van der Waals surface area contributed by atoms with Crippen molar-refractivity contribution in [3.63, 3.8) is 0 Å². The van der Waals surface area contributed by atoms with Crippen molar-refractivity contribution in [3.8, 4) is 0 Å². The summed E-state index contributed by atoms with van der Waals surface area (Å²) in [5.41, 5.74) is 0.243.